The van der Waals surface area contributed by atoms with Crippen LogP contribution in [0.15, 0.2) is 58.7 Å². The molecule has 3 rings (SSSR count). The number of benzene rings is 2. The van der Waals surface area contributed by atoms with Gasteiger partial charge in [0, 0.05) is 11.8 Å². The molecule has 0 bridgehead atoms. The first-order valence-corrected chi connectivity index (χ1v) is 9.20. The number of carbonyl (C=O) groups excluding carboxylic acids is 2. The molecule has 1 aliphatic heterocycles. The smallest absolute Gasteiger partial charge is 0.271 e. The molecule has 1 unspecified atom stereocenters. The fraction of sp³-hybridized carbons (Fsp3) is 0.158. The second kappa shape index (κ2) is 8.30. The molecule has 0 radical (unpaired) electrons. The molecule has 2 aromatic carbocycles. The second-order valence-electron chi connectivity index (χ2n) is 5.77. The molecule has 1 heterocycles. The summed E-state index contributed by atoms with van der Waals surface area (Å²) >= 11 is 2.12. The molecule has 0 spiro atoms. The van der Waals surface area contributed by atoms with Crippen molar-refractivity contribution in [3.8, 4) is 5.75 Å². The zero-order valence-corrected chi connectivity index (χ0v) is 16.9. The van der Waals surface area contributed by atoms with Gasteiger partial charge in [0.2, 0.25) is 0 Å². The van der Waals surface area contributed by atoms with E-state index < -0.39 is 5.92 Å². The van der Waals surface area contributed by atoms with Crippen molar-refractivity contribution in [3.05, 3.63) is 57.7 Å². The van der Waals surface area contributed by atoms with Crippen LogP contribution >= 0.6 is 22.6 Å². The molecule has 7 nitrogen and oxygen atoms in total. The molecule has 138 valence electrons. The second-order valence-corrected chi connectivity index (χ2v) is 6.94. The summed E-state index contributed by atoms with van der Waals surface area (Å²) in [6, 6.07) is 14.3. The van der Waals surface area contributed by atoms with Crippen molar-refractivity contribution in [1.29, 1.82) is 0 Å². The number of rotatable bonds is 5. The number of hydrazone groups is 2. The van der Waals surface area contributed by atoms with Crippen LogP contribution in [-0.2, 0) is 4.79 Å². The van der Waals surface area contributed by atoms with E-state index >= 15 is 0 Å². The van der Waals surface area contributed by atoms with Crippen LogP contribution in [0.2, 0.25) is 0 Å². The predicted molar refractivity (Wildman–Crippen MR) is 112 cm³/mol. The van der Waals surface area contributed by atoms with E-state index in [1.807, 2.05) is 18.2 Å². The Morgan fingerprint density at radius 2 is 2.04 bits per heavy atom. The average Bonchev–Trinajstić information content (AvgIpc) is 2.97. The average molecular weight is 476 g/mol. The van der Waals surface area contributed by atoms with Crippen LogP contribution in [0, 0.1) is 9.49 Å². The highest BCUT2D eigenvalue weighted by molar-refractivity contribution is 14.1. The quantitative estimate of drug-likeness (QED) is 0.409. The van der Waals surface area contributed by atoms with E-state index in [1.54, 1.807) is 44.4 Å². The maximum atomic E-state index is 12.6. The molecule has 8 heteroatoms. The first-order valence-electron chi connectivity index (χ1n) is 8.12. The minimum absolute atomic E-state index is 0.215. The van der Waals surface area contributed by atoms with E-state index in [-0.39, 0.29) is 11.8 Å². The number of hydrogen-bond donors (Lipinski definition) is 1. The van der Waals surface area contributed by atoms with Gasteiger partial charge < -0.3 is 4.74 Å². The molecule has 2 aromatic rings. The molecule has 0 aliphatic carbocycles. The third kappa shape index (κ3) is 4.16. The monoisotopic (exact) mass is 476 g/mol. The Morgan fingerprint density at radius 3 is 2.74 bits per heavy atom. The number of carbonyl (C=O) groups is 2. The molecule has 1 N–H and O–H groups in total. The Hall–Kier alpha value is -2.75. The van der Waals surface area contributed by atoms with Crippen molar-refractivity contribution in [2.24, 2.45) is 16.1 Å². The SMILES string of the molecule is COc1cc(C(=O)NN=CC2C(=O)N(c3ccccc3)N=C2C)ccc1I. The van der Waals surface area contributed by atoms with Gasteiger partial charge in [-0.2, -0.15) is 15.2 Å². The summed E-state index contributed by atoms with van der Waals surface area (Å²) in [5.74, 6) is -0.606. The number of para-hydroxylation sites is 1. The summed E-state index contributed by atoms with van der Waals surface area (Å²) in [6.07, 6.45) is 1.39. The van der Waals surface area contributed by atoms with Crippen molar-refractivity contribution in [2.75, 3.05) is 12.1 Å². The maximum absolute atomic E-state index is 12.6. The van der Waals surface area contributed by atoms with Gasteiger partial charge in [-0.15, -0.1) is 0 Å². The highest BCUT2D eigenvalue weighted by Gasteiger charge is 2.33. The Balaban J connectivity index is 1.67. The summed E-state index contributed by atoms with van der Waals surface area (Å²) in [5.41, 5.74) is 4.15. The van der Waals surface area contributed by atoms with Crippen molar-refractivity contribution < 1.29 is 14.3 Å². The van der Waals surface area contributed by atoms with Gasteiger partial charge in [-0.3, -0.25) is 9.59 Å². The van der Waals surface area contributed by atoms with E-state index in [0.717, 1.165) is 3.57 Å². The molecule has 0 saturated carbocycles. The van der Waals surface area contributed by atoms with Crippen LogP contribution in [0.4, 0.5) is 5.69 Å². The summed E-state index contributed by atoms with van der Waals surface area (Å²) < 4.78 is 6.11. The standard InChI is InChI=1S/C19H17IN4O3/c1-12-15(19(26)24(23-12)14-6-4-3-5-7-14)11-21-22-18(25)13-8-9-16(20)17(10-13)27-2/h3-11,15H,1-2H3,(H,22,25). The van der Waals surface area contributed by atoms with Gasteiger partial charge in [0.05, 0.1) is 22.1 Å². The Morgan fingerprint density at radius 1 is 1.30 bits per heavy atom. The topological polar surface area (TPSA) is 83.4 Å². The van der Waals surface area contributed by atoms with Crippen LogP contribution in [0.5, 0.6) is 5.75 Å². The van der Waals surface area contributed by atoms with Crippen LogP contribution in [0.25, 0.3) is 0 Å². The molecule has 0 fully saturated rings. The lowest BCUT2D eigenvalue weighted by molar-refractivity contribution is -0.118. The summed E-state index contributed by atoms with van der Waals surface area (Å²) in [6.45, 7) is 1.75. The highest BCUT2D eigenvalue weighted by atomic mass is 127. The van der Waals surface area contributed by atoms with Crippen LogP contribution in [0.3, 0.4) is 0 Å². The minimum Gasteiger partial charge on any atom is -0.496 e. The van der Waals surface area contributed by atoms with Gasteiger partial charge in [0.15, 0.2) is 0 Å². The van der Waals surface area contributed by atoms with Gasteiger partial charge in [-0.1, -0.05) is 18.2 Å². The first kappa shape index (κ1) is 19.0. The van der Waals surface area contributed by atoms with Crippen molar-refractivity contribution in [2.45, 2.75) is 6.92 Å². The van der Waals surface area contributed by atoms with Gasteiger partial charge >= 0.3 is 0 Å². The Bertz CT molecular complexity index is 928. The van der Waals surface area contributed by atoms with Gasteiger partial charge in [-0.05, 0) is 59.8 Å². The third-order valence-corrected chi connectivity index (χ3v) is 4.88. The van der Waals surface area contributed by atoms with Crippen LogP contribution < -0.4 is 15.2 Å². The largest absolute Gasteiger partial charge is 0.496 e. The Kier molecular flexibility index (Phi) is 5.84. The van der Waals surface area contributed by atoms with E-state index in [0.29, 0.717) is 22.7 Å². The lowest BCUT2D eigenvalue weighted by Crippen LogP contribution is -2.29. The van der Waals surface area contributed by atoms with Crippen molar-refractivity contribution >= 4 is 52.0 Å². The predicted octanol–water partition coefficient (Wildman–Crippen LogP) is 3.05. The summed E-state index contributed by atoms with van der Waals surface area (Å²) in [4.78, 5) is 24.8. The summed E-state index contributed by atoms with van der Waals surface area (Å²) in [5, 5.41) is 9.57. The third-order valence-electron chi connectivity index (χ3n) is 3.99. The lowest BCUT2D eigenvalue weighted by atomic mass is 10.1. The number of anilines is 1. The highest BCUT2D eigenvalue weighted by Crippen LogP contribution is 2.23. The molecule has 1 atom stereocenters. The van der Waals surface area contributed by atoms with Gasteiger partial charge in [0.1, 0.15) is 11.7 Å². The molecule has 0 saturated heterocycles. The van der Waals surface area contributed by atoms with E-state index in [4.69, 9.17) is 4.74 Å². The molecule has 2 amide bonds. The van der Waals surface area contributed by atoms with Crippen molar-refractivity contribution in [1.82, 2.24) is 5.43 Å². The zero-order valence-electron chi connectivity index (χ0n) is 14.7. The van der Waals surface area contributed by atoms with E-state index in [9.17, 15) is 9.59 Å². The number of ether oxygens (including phenoxy) is 1. The van der Waals surface area contributed by atoms with Crippen LogP contribution in [-0.4, -0.2) is 30.9 Å². The maximum Gasteiger partial charge on any atom is 0.271 e. The number of nitrogens with one attached hydrogen (secondary N) is 1. The van der Waals surface area contributed by atoms with E-state index in [1.165, 1.54) is 11.2 Å². The zero-order chi connectivity index (χ0) is 19.4. The minimum atomic E-state index is -0.614. The number of nitrogens with zero attached hydrogens (tertiary/aromatic N) is 3. The molecular weight excluding hydrogens is 459 g/mol. The fourth-order valence-electron chi connectivity index (χ4n) is 2.54. The molecule has 0 aromatic heterocycles. The number of amides is 2. The Labute approximate surface area is 170 Å². The molecule has 1 aliphatic rings. The van der Waals surface area contributed by atoms with Gasteiger partial charge in [-0.25, -0.2) is 5.43 Å². The fourth-order valence-corrected chi connectivity index (χ4v) is 3.10. The summed E-state index contributed by atoms with van der Waals surface area (Å²) in [7, 11) is 1.55. The number of methoxy groups -OCH3 is 1. The molecule has 27 heavy (non-hydrogen) atoms. The normalized spacial score (nSPS) is 16.6. The first-order chi connectivity index (χ1) is 13.0. The van der Waals surface area contributed by atoms with Crippen molar-refractivity contribution in [3.63, 3.8) is 0 Å². The lowest BCUT2D eigenvalue weighted by Gasteiger charge is -2.12. The van der Waals surface area contributed by atoms with Crippen LogP contribution in [0.1, 0.15) is 17.3 Å². The number of hydrogen-bond acceptors (Lipinski definition) is 5. The molecular formula is C19H17IN4O3. The van der Waals surface area contributed by atoms with E-state index in [2.05, 4.69) is 38.2 Å². The van der Waals surface area contributed by atoms with Gasteiger partial charge in [0.25, 0.3) is 11.8 Å². The number of halogens is 1.